The van der Waals surface area contributed by atoms with Crippen molar-refractivity contribution >= 4 is 11.8 Å². The first-order valence-electron chi connectivity index (χ1n) is 6.83. The maximum absolute atomic E-state index is 6.21. The topological polar surface area (TPSA) is 35.2 Å². The van der Waals surface area contributed by atoms with E-state index in [9.17, 15) is 0 Å². The van der Waals surface area contributed by atoms with E-state index in [2.05, 4.69) is 31.2 Å². The molecule has 3 heteroatoms. The highest BCUT2D eigenvalue weighted by molar-refractivity contribution is 7.99. The molecule has 1 aliphatic rings. The molecule has 2 rings (SSSR count). The van der Waals surface area contributed by atoms with Crippen LogP contribution in [0.25, 0.3) is 0 Å². The zero-order valence-electron chi connectivity index (χ0n) is 11.1. The average Bonchev–Trinajstić information content (AvgIpc) is 2.92. The highest BCUT2D eigenvalue weighted by Crippen LogP contribution is 2.21. The first-order valence-corrected chi connectivity index (χ1v) is 7.99. The predicted octanol–water partition coefficient (Wildman–Crippen LogP) is 3.16. The Morgan fingerprint density at radius 3 is 2.78 bits per heavy atom. The Kier molecular flexibility index (Phi) is 5.54. The van der Waals surface area contributed by atoms with Gasteiger partial charge in [0.05, 0.1) is 6.10 Å². The van der Waals surface area contributed by atoms with Gasteiger partial charge in [0.25, 0.3) is 0 Å². The summed E-state index contributed by atoms with van der Waals surface area (Å²) in [5.74, 6) is 2.06. The highest BCUT2D eigenvalue weighted by Gasteiger charge is 2.16. The van der Waals surface area contributed by atoms with Crippen LogP contribution < -0.4 is 5.73 Å². The van der Waals surface area contributed by atoms with Gasteiger partial charge in [-0.1, -0.05) is 31.2 Å². The highest BCUT2D eigenvalue weighted by atomic mass is 32.2. The third-order valence-electron chi connectivity index (χ3n) is 3.44. The number of benzene rings is 1. The minimum absolute atomic E-state index is 0.141. The molecule has 100 valence electrons. The molecule has 18 heavy (non-hydrogen) atoms. The lowest BCUT2D eigenvalue weighted by Gasteiger charge is -2.14. The second-order valence-electron chi connectivity index (χ2n) is 4.87. The lowest BCUT2D eigenvalue weighted by Crippen LogP contribution is -2.15. The Balaban J connectivity index is 1.74. The fraction of sp³-hybridized carbons (Fsp3) is 0.600. The van der Waals surface area contributed by atoms with E-state index >= 15 is 0 Å². The van der Waals surface area contributed by atoms with Gasteiger partial charge in [-0.15, -0.1) is 0 Å². The lowest BCUT2D eigenvalue weighted by molar-refractivity contribution is 0.129. The Morgan fingerprint density at radius 2 is 2.17 bits per heavy atom. The molecule has 2 atom stereocenters. The second kappa shape index (κ2) is 7.17. The molecule has 0 aliphatic carbocycles. The van der Waals surface area contributed by atoms with E-state index in [-0.39, 0.29) is 6.04 Å². The molecule has 0 radical (unpaired) electrons. The van der Waals surface area contributed by atoms with Crippen LogP contribution in [0.1, 0.15) is 36.9 Å². The molecule has 1 saturated heterocycles. The Labute approximate surface area is 114 Å². The second-order valence-corrected chi connectivity index (χ2v) is 5.95. The van der Waals surface area contributed by atoms with Gasteiger partial charge in [-0.05, 0) is 30.4 Å². The van der Waals surface area contributed by atoms with Crippen LogP contribution in [-0.4, -0.2) is 24.2 Å². The van der Waals surface area contributed by atoms with Gasteiger partial charge in [-0.25, -0.2) is 0 Å². The van der Waals surface area contributed by atoms with Gasteiger partial charge in [-0.2, -0.15) is 11.8 Å². The molecule has 1 aromatic rings. The molecule has 1 heterocycles. The van der Waals surface area contributed by atoms with Crippen molar-refractivity contribution < 1.29 is 4.74 Å². The number of hydrogen-bond acceptors (Lipinski definition) is 3. The van der Waals surface area contributed by atoms with Crippen LogP contribution in [0.5, 0.6) is 0 Å². The van der Waals surface area contributed by atoms with Crippen molar-refractivity contribution in [2.24, 2.45) is 5.73 Å². The van der Waals surface area contributed by atoms with Gasteiger partial charge in [0.2, 0.25) is 0 Å². The van der Waals surface area contributed by atoms with Crippen molar-refractivity contribution in [2.45, 2.75) is 38.3 Å². The summed E-state index contributed by atoms with van der Waals surface area (Å²) in [5.41, 5.74) is 8.83. The van der Waals surface area contributed by atoms with Gasteiger partial charge in [0, 0.05) is 24.2 Å². The summed E-state index contributed by atoms with van der Waals surface area (Å²) in [7, 11) is 0. The van der Waals surface area contributed by atoms with E-state index in [4.69, 9.17) is 10.5 Å². The summed E-state index contributed by atoms with van der Waals surface area (Å²) < 4.78 is 5.61. The first-order chi connectivity index (χ1) is 8.79. The van der Waals surface area contributed by atoms with Gasteiger partial charge in [0.1, 0.15) is 0 Å². The Hall–Kier alpha value is -0.510. The molecule has 0 spiro atoms. The Morgan fingerprint density at radius 1 is 1.39 bits per heavy atom. The normalized spacial score (nSPS) is 21.1. The third kappa shape index (κ3) is 4.01. The summed E-state index contributed by atoms with van der Waals surface area (Å²) in [6.07, 6.45) is 3.98. The van der Waals surface area contributed by atoms with E-state index in [1.165, 1.54) is 24.0 Å². The van der Waals surface area contributed by atoms with Crippen LogP contribution in [0, 0.1) is 0 Å². The van der Waals surface area contributed by atoms with Crippen molar-refractivity contribution in [3.8, 4) is 0 Å². The quantitative estimate of drug-likeness (QED) is 0.858. The molecular weight excluding hydrogens is 242 g/mol. The fourth-order valence-electron chi connectivity index (χ4n) is 2.20. The molecule has 0 bridgehead atoms. The summed E-state index contributed by atoms with van der Waals surface area (Å²) in [5, 5.41) is 0. The van der Waals surface area contributed by atoms with Crippen LogP contribution >= 0.6 is 11.8 Å². The SMILES string of the molecule is CCc1ccc(C(N)CSCC2CCCO2)cc1. The summed E-state index contributed by atoms with van der Waals surface area (Å²) in [6.45, 7) is 3.11. The molecule has 2 unspecified atom stereocenters. The van der Waals surface area contributed by atoms with E-state index in [1.807, 2.05) is 11.8 Å². The maximum atomic E-state index is 6.21. The molecule has 0 aromatic heterocycles. The summed E-state index contributed by atoms with van der Waals surface area (Å²) in [6, 6.07) is 8.83. The molecule has 1 fully saturated rings. The van der Waals surface area contributed by atoms with Crippen molar-refractivity contribution in [1.29, 1.82) is 0 Å². The first kappa shape index (κ1) is 13.9. The van der Waals surface area contributed by atoms with Crippen LogP contribution in [0.3, 0.4) is 0 Å². The Bertz CT molecular complexity index is 346. The average molecular weight is 265 g/mol. The molecule has 2 N–H and O–H groups in total. The molecule has 0 amide bonds. The van der Waals surface area contributed by atoms with Crippen LogP contribution in [0.2, 0.25) is 0 Å². The zero-order chi connectivity index (χ0) is 12.8. The number of ether oxygens (including phenoxy) is 1. The number of rotatable bonds is 6. The standard InChI is InChI=1S/C15H23NOS/c1-2-12-5-7-13(8-6-12)15(16)11-18-10-14-4-3-9-17-14/h5-8,14-15H,2-4,9-11,16H2,1H3. The number of hydrogen-bond donors (Lipinski definition) is 1. The van der Waals surface area contributed by atoms with Gasteiger partial charge in [-0.3, -0.25) is 0 Å². The van der Waals surface area contributed by atoms with E-state index in [0.29, 0.717) is 6.10 Å². The van der Waals surface area contributed by atoms with E-state index in [0.717, 1.165) is 24.5 Å². The monoisotopic (exact) mass is 265 g/mol. The predicted molar refractivity (Wildman–Crippen MR) is 79.0 cm³/mol. The molecule has 1 aliphatic heterocycles. The minimum atomic E-state index is 0.141. The van der Waals surface area contributed by atoms with E-state index in [1.54, 1.807) is 0 Å². The van der Waals surface area contributed by atoms with Gasteiger partial charge in [0.15, 0.2) is 0 Å². The summed E-state index contributed by atoms with van der Waals surface area (Å²) >= 11 is 1.91. The lowest BCUT2D eigenvalue weighted by atomic mass is 10.1. The van der Waals surface area contributed by atoms with Crippen LogP contribution in [-0.2, 0) is 11.2 Å². The van der Waals surface area contributed by atoms with Crippen LogP contribution in [0.4, 0.5) is 0 Å². The molecule has 1 aromatic carbocycles. The zero-order valence-corrected chi connectivity index (χ0v) is 11.9. The number of aryl methyl sites for hydroxylation is 1. The third-order valence-corrected chi connectivity index (χ3v) is 4.64. The van der Waals surface area contributed by atoms with Gasteiger partial charge < -0.3 is 10.5 Å². The molecular formula is C15H23NOS. The fourth-order valence-corrected chi connectivity index (χ4v) is 3.31. The van der Waals surface area contributed by atoms with Crippen molar-refractivity contribution in [1.82, 2.24) is 0 Å². The van der Waals surface area contributed by atoms with Gasteiger partial charge >= 0.3 is 0 Å². The van der Waals surface area contributed by atoms with Crippen molar-refractivity contribution in [3.05, 3.63) is 35.4 Å². The van der Waals surface area contributed by atoms with Crippen molar-refractivity contribution in [2.75, 3.05) is 18.1 Å². The molecule has 2 nitrogen and oxygen atoms in total. The van der Waals surface area contributed by atoms with Crippen LogP contribution in [0.15, 0.2) is 24.3 Å². The maximum Gasteiger partial charge on any atom is 0.0666 e. The van der Waals surface area contributed by atoms with Crippen molar-refractivity contribution in [3.63, 3.8) is 0 Å². The minimum Gasteiger partial charge on any atom is -0.377 e. The summed E-state index contributed by atoms with van der Waals surface area (Å²) in [4.78, 5) is 0. The largest absolute Gasteiger partial charge is 0.377 e. The number of nitrogens with two attached hydrogens (primary N) is 1. The molecule has 0 saturated carbocycles. The smallest absolute Gasteiger partial charge is 0.0666 e. The number of thioether (sulfide) groups is 1. The van der Waals surface area contributed by atoms with E-state index < -0.39 is 0 Å².